The molecule has 0 amide bonds. The van der Waals surface area contributed by atoms with Gasteiger partial charge >= 0.3 is 0 Å². The molecule has 0 fully saturated rings. The molecule has 1 unspecified atom stereocenters. The number of pyridine rings is 2. The van der Waals surface area contributed by atoms with Gasteiger partial charge in [0.15, 0.2) is 5.82 Å². The number of fused-ring (bicyclic) bond motifs is 2. The lowest BCUT2D eigenvalue weighted by molar-refractivity contribution is 0.533. The second-order valence-corrected chi connectivity index (χ2v) is 6.15. The summed E-state index contributed by atoms with van der Waals surface area (Å²) in [6.07, 6.45) is 4.98. The summed E-state index contributed by atoms with van der Waals surface area (Å²) in [5.41, 5.74) is 2.80. The summed E-state index contributed by atoms with van der Waals surface area (Å²) in [5, 5.41) is 2.10. The summed E-state index contributed by atoms with van der Waals surface area (Å²) in [5.74, 6) is 5.50. The Bertz CT molecular complexity index is 1130. The largest absolute Gasteiger partial charge is 0.346 e. The molecule has 4 heterocycles. The molecular weight excluding hydrogens is 336 g/mol. The summed E-state index contributed by atoms with van der Waals surface area (Å²) < 4.78 is 29.2. The van der Waals surface area contributed by atoms with Gasteiger partial charge in [-0.25, -0.2) is 24.6 Å². The standard InChI is InChI=1S/C19H13F2N5/c20-13-4-1-5-14(21)16(13)17-12-9-25-18-15(12)10(6-8-23-18)11-3-2-7-24-19(11)26(17)22/h1-9,17H,22H2,(H,23,25). The lowest BCUT2D eigenvalue weighted by Crippen LogP contribution is -2.37. The smallest absolute Gasteiger partial charge is 0.151 e. The van der Waals surface area contributed by atoms with Crippen molar-refractivity contribution in [3.8, 4) is 11.1 Å². The number of nitrogens with one attached hydrogen (secondary N) is 1. The number of anilines is 1. The second-order valence-electron chi connectivity index (χ2n) is 6.15. The van der Waals surface area contributed by atoms with Crippen LogP contribution in [-0.2, 0) is 0 Å². The van der Waals surface area contributed by atoms with Crippen molar-refractivity contribution in [3.05, 3.63) is 77.8 Å². The molecule has 1 atom stereocenters. The fraction of sp³-hybridized carbons (Fsp3) is 0.0526. The maximum absolute atomic E-state index is 14.6. The molecule has 1 aliphatic rings. The first-order valence-electron chi connectivity index (χ1n) is 8.06. The van der Waals surface area contributed by atoms with Crippen LogP contribution < -0.4 is 10.9 Å². The van der Waals surface area contributed by atoms with Crippen LogP contribution in [0.5, 0.6) is 0 Å². The molecule has 0 radical (unpaired) electrons. The molecule has 1 aromatic carbocycles. The fourth-order valence-corrected chi connectivity index (χ4v) is 3.67. The van der Waals surface area contributed by atoms with E-state index in [1.807, 2.05) is 12.1 Å². The summed E-state index contributed by atoms with van der Waals surface area (Å²) in [4.78, 5) is 11.8. The number of nitrogens with two attached hydrogens (primary N) is 1. The highest BCUT2D eigenvalue weighted by molar-refractivity contribution is 6.00. The highest BCUT2D eigenvalue weighted by atomic mass is 19.1. The van der Waals surface area contributed by atoms with Crippen molar-refractivity contribution in [2.75, 3.05) is 5.01 Å². The molecule has 5 nitrogen and oxygen atoms in total. The maximum atomic E-state index is 14.6. The van der Waals surface area contributed by atoms with Crippen LogP contribution in [0.25, 0.3) is 22.2 Å². The van der Waals surface area contributed by atoms with Crippen molar-refractivity contribution in [2.24, 2.45) is 5.84 Å². The van der Waals surface area contributed by atoms with E-state index in [9.17, 15) is 8.78 Å². The van der Waals surface area contributed by atoms with Crippen LogP contribution in [0.4, 0.5) is 14.6 Å². The minimum Gasteiger partial charge on any atom is -0.346 e. The van der Waals surface area contributed by atoms with Gasteiger partial charge in [-0.05, 0) is 35.9 Å². The van der Waals surface area contributed by atoms with Crippen LogP contribution in [0, 0.1) is 11.6 Å². The van der Waals surface area contributed by atoms with Crippen LogP contribution in [0.3, 0.4) is 0 Å². The third kappa shape index (κ3) is 1.91. The highest BCUT2D eigenvalue weighted by Crippen LogP contribution is 2.45. The molecule has 0 bridgehead atoms. The summed E-state index contributed by atoms with van der Waals surface area (Å²) in [6, 6.07) is 8.44. The number of halogens is 2. The third-order valence-electron chi connectivity index (χ3n) is 4.77. The van der Waals surface area contributed by atoms with Gasteiger partial charge < -0.3 is 4.98 Å². The van der Waals surface area contributed by atoms with E-state index in [1.165, 1.54) is 23.2 Å². The van der Waals surface area contributed by atoms with E-state index in [0.717, 1.165) is 16.5 Å². The van der Waals surface area contributed by atoms with E-state index in [2.05, 4.69) is 15.0 Å². The summed E-state index contributed by atoms with van der Waals surface area (Å²) in [6.45, 7) is 0. The Morgan fingerprint density at radius 2 is 1.77 bits per heavy atom. The predicted octanol–water partition coefficient (Wildman–Crippen LogP) is 3.69. The molecule has 26 heavy (non-hydrogen) atoms. The topological polar surface area (TPSA) is 70.8 Å². The molecule has 128 valence electrons. The number of benzene rings is 1. The van der Waals surface area contributed by atoms with Crippen LogP contribution in [0.1, 0.15) is 17.2 Å². The van der Waals surface area contributed by atoms with Gasteiger partial charge in [0.2, 0.25) is 0 Å². The van der Waals surface area contributed by atoms with Crippen LogP contribution in [0.2, 0.25) is 0 Å². The molecule has 4 aromatic rings. The number of nitrogens with zero attached hydrogens (tertiary/aromatic N) is 3. The molecular formula is C19H13F2N5. The zero-order valence-corrected chi connectivity index (χ0v) is 13.4. The fourth-order valence-electron chi connectivity index (χ4n) is 3.67. The van der Waals surface area contributed by atoms with Gasteiger partial charge in [-0.3, -0.25) is 5.01 Å². The Morgan fingerprint density at radius 1 is 0.962 bits per heavy atom. The van der Waals surface area contributed by atoms with E-state index in [-0.39, 0.29) is 5.56 Å². The molecule has 0 saturated carbocycles. The summed E-state index contributed by atoms with van der Waals surface area (Å²) >= 11 is 0. The highest BCUT2D eigenvalue weighted by Gasteiger charge is 2.34. The molecule has 3 N–H and O–H groups in total. The zero-order valence-electron chi connectivity index (χ0n) is 13.4. The van der Waals surface area contributed by atoms with Crippen molar-refractivity contribution in [3.63, 3.8) is 0 Å². The van der Waals surface area contributed by atoms with Crippen molar-refractivity contribution in [1.29, 1.82) is 0 Å². The normalized spacial score (nSPS) is 15.8. The van der Waals surface area contributed by atoms with Gasteiger partial charge in [-0.15, -0.1) is 0 Å². The van der Waals surface area contributed by atoms with Gasteiger partial charge in [0.05, 0.1) is 5.56 Å². The lowest BCUT2D eigenvalue weighted by Gasteiger charge is -2.28. The third-order valence-corrected chi connectivity index (χ3v) is 4.77. The van der Waals surface area contributed by atoms with Crippen LogP contribution >= 0.6 is 0 Å². The van der Waals surface area contributed by atoms with Crippen molar-refractivity contribution in [2.45, 2.75) is 6.04 Å². The van der Waals surface area contributed by atoms with Crippen molar-refractivity contribution >= 4 is 16.9 Å². The van der Waals surface area contributed by atoms with Gasteiger partial charge in [0.25, 0.3) is 0 Å². The maximum Gasteiger partial charge on any atom is 0.151 e. The molecule has 1 aliphatic heterocycles. The molecule has 0 saturated heterocycles. The summed E-state index contributed by atoms with van der Waals surface area (Å²) in [7, 11) is 0. The SMILES string of the molecule is NN1c2ncccc2-c2ccnc3[nH]cc(c23)C1c1c(F)cccc1F. The Labute approximate surface area is 147 Å². The van der Waals surface area contributed by atoms with E-state index < -0.39 is 17.7 Å². The number of hydrogen-bond donors (Lipinski definition) is 2. The number of rotatable bonds is 1. The van der Waals surface area contributed by atoms with E-state index in [4.69, 9.17) is 5.84 Å². The van der Waals surface area contributed by atoms with Crippen LogP contribution in [-0.4, -0.2) is 15.0 Å². The Morgan fingerprint density at radius 3 is 2.58 bits per heavy atom. The minimum atomic E-state index is -0.885. The van der Waals surface area contributed by atoms with Crippen molar-refractivity contribution in [1.82, 2.24) is 15.0 Å². The molecule has 7 heteroatoms. The minimum absolute atomic E-state index is 0.121. The first-order chi connectivity index (χ1) is 12.7. The lowest BCUT2D eigenvalue weighted by atomic mass is 9.96. The quantitative estimate of drug-likeness (QED) is 0.514. The van der Waals surface area contributed by atoms with Gasteiger partial charge in [-0.1, -0.05) is 6.07 Å². The van der Waals surface area contributed by atoms with Gasteiger partial charge in [0, 0.05) is 35.1 Å². The molecule has 3 aromatic heterocycles. The monoisotopic (exact) mass is 349 g/mol. The van der Waals surface area contributed by atoms with Crippen LogP contribution in [0.15, 0.2) is 55.0 Å². The van der Waals surface area contributed by atoms with E-state index in [1.54, 1.807) is 24.7 Å². The second kappa shape index (κ2) is 5.34. The first-order valence-corrected chi connectivity index (χ1v) is 8.06. The number of H-pyrrole nitrogens is 1. The number of hydrazine groups is 1. The first kappa shape index (κ1) is 15.0. The van der Waals surface area contributed by atoms with E-state index >= 15 is 0 Å². The Hall–Kier alpha value is -3.32. The number of aromatic amines is 1. The Kier molecular flexibility index (Phi) is 3.07. The zero-order chi connectivity index (χ0) is 17.8. The molecule has 5 rings (SSSR count). The Balaban J connectivity index is 1.93. The predicted molar refractivity (Wildman–Crippen MR) is 94.2 cm³/mol. The molecule has 0 spiro atoms. The number of hydrogen-bond acceptors (Lipinski definition) is 4. The van der Waals surface area contributed by atoms with Gasteiger partial charge in [0.1, 0.15) is 23.3 Å². The average molecular weight is 349 g/mol. The van der Waals surface area contributed by atoms with Crippen molar-refractivity contribution < 1.29 is 8.78 Å². The number of aromatic nitrogens is 3. The van der Waals surface area contributed by atoms with Gasteiger partial charge in [-0.2, -0.15) is 0 Å². The average Bonchev–Trinajstić information content (AvgIpc) is 3.04. The molecule has 0 aliphatic carbocycles. The van der Waals surface area contributed by atoms with E-state index in [0.29, 0.717) is 17.0 Å².